The number of rotatable bonds is 7. The standard InChI is InChI=1S/C19H19ClN4O3/c20-15-4-2-1-3-14(15)12-24-18(26)16(23-19(24)27)11-17(25)22-10-7-13-5-8-21-9-6-13/h1-6,8-9,16H,7,10-12H2,(H,22,25)(H,23,27). The summed E-state index contributed by atoms with van der Waals surface area (Å²) in [4.78, 5) is 41.7. The minimum Gasteiger partial charge on any atom is -0.356 e. The lowest BCUT2D eigenvalue weighted by Gasteiger charge is -2.14. The van der Waals surface area contributed by atoms with Gasteiger partial charge in [0.2, 0.25) is 5.91 Å². The van der Waals surface area contributed by atoms with E-state index in [1.807, 2.05) is 12.1 Å². The Kier molecular flexibility index (Phi) is 6.03. The number of carbonyl (C=O) groups is 3. The molecule has 2 aromatic rings. The van der Waals surface area contributed by atoms with Gasteiger partial charge in [-0.25, -0.2) is 4.79 Å². The highest BCUT2D eigenvalue weighted by Gasteiger charge is 2.39. The van der Waals surface area contributed by atoms with Crippen molar-refractivity contribution in [1.82, 2.24) is 20.5 Å². The molecule has 1 aliphatic rings. The maximum atomic E-state index is 12.5. The number of nitrogens with zero attached hydrogens (tertiary/aromatic N) is 2. The van der Waals surface area contributed by atoms with Crippen molar-refractivity contribution in [2.75, 3.05) is 6.54 Å². The van der Waals surface area contributed by atoms with Crippen LogP contribution in [0.5, 0.6) is 0 Å². The first-order chi connectivity index (χ1) is 13.0. The first-order valence-electron chi connectivity index (χ1n) is 8.55. The van der Waals surface area contributed by atoms with Crippen LogP contribution in [0, 0.1) is 0 Å². The van der Waals surface area contributed by atoms with Crippen LogP contribution in [-0.4, -0.2) is 40.3 Å². The number of hydrogen-bond acceptors (Lipinski definition) is 4. The largest absolute Gasteiger partial charge is 0.356 e. The summed E-state index contributed by atoms with van der Waals surface area (Å²) in [5, 5.41) is 5.80. The fraction of sp³-hybridized carbons (Fsp3) is 0.263. The van der Waals surface area contributed by atoms with Gasteiger partial charge >= 0.3 is 6.03 Å². The minimum absolute atomic E-state index is 0.0739. The lowest BCUT2D eigenvalue weighted by molar-refractivity contribution is -0.131. The van der Waals surface area contributed by atoms with Crippen LogP contribution in [0.25, 0.3) is 0 Å². The number of benzene rings is 1. The third-order valence-electron chi connectivity index (χ3n) is 4.27. The molecule has 1 aromatic carbocycles. The van der Waals surface area contributed by atoms with E-state index in [0.29, 0.717) is 23.6 Å². The van der Waals surface area contributed by atoms with Crippen molar-refractivity contribution in [2.24, 2.45) is 0 Å². The van der Waals surface area contributed by atoms with E-state index in [0.717, 1.165) is 10.5 Å². The topological polar surface area (TPSA) is 91.4 Å². The second-order valence-electron chi connectivity index (χ2n) is 6.18. The fourth-order valence-electron chi connectivity index (χ4n) is 2.82. The van der Waals surface area contributed by atoms with Crippen LogP contribution < -0.4 is 10.6 Å². The molecule has 7 nitrogen and oxygen atoms in total. The Balaban J connectivity index is 1.50. The van der Waals surface area contributed by atoms with E-state index in [2.05, 4.69) is 15.6 Å². The highest BCUT2D eigenvalue weighted by Crippen LogP contribution is 2.20. The van der Waals surface area contributed by atoms with Gasteiger partial charge < -0.3 is 10.6 Å². The maximum Gasteiger partial charge on any atom is 0.325 e. The predicted molar refractivity (Wildman–Crippen MR) is 99.9 cm³/mol. The monoisotopic (exact) mass is 386 g/mol. The molecule has 0 spiro atoms. The summed E-state index contributed by atoms with van der Waals surface area (Å²) in [5.74, 6) is -0.716. The normalized spacial score (nSPS) is 16.3. The van der Waals surface area contributed by atoms with E-state index >= 15 is 0 Å². The summed E-state index contributed by atoms with van der Waals surface area (Å²) >= 11 is 6.09. The Morgan fingerprint density at radius 2 is 1.93 bits per heavy atom. The number of carbonyl (C=O) groups excluding carboxylic acids is 3. The second kappa shape index (κ2) is 8.64. The summed E-state index contributed by atoms with van der Waals surface area (Å²) in [6, 6.07) is 9.38. The Morgan fingerprint density at radius 1 is 1.19 bits per heavy atom. The van der Waals surface area contributed by atoms with E-state index in [4.69, 9.17) is 11.6 Å². The number of nitrogens with one attached hydrogen (secondary N) is 2. The van der Waals surface area contributed by atoms with Crippen LogP contribution in [-0.2, 0) is 22.6 Å². The number of imide groups is 1. The van der Waals surface area contributed by atoms with Gasteiger partial charge in [0.15, 0.2) is 0 Å². The fourth-order valence-corrected chi connectivity index (χ4v) is 3.01. The van der Waals surface area contributed by atoms with Gasteiger partial charge in [-0.2, -0.15) is 0 Å². The average molecular weight is 387 g/mol. The Morgan fingerprint density at radius 3 is 2.67 bits per heavy atom. The van der Waals surface area contributed by atoms with E-state index in [1.165, 1.54) is 0 Å². The lowest BCUT2D eigenvalue weighted by atomic mass is 10.1. The van der Waals surface area contributed by atoms with Gasteiger partial charge in [0, 0.05) is 24.0 Å². The van der Waals surface area contributed by atoms with Crippen molar-refractivity contribution in [3.8, 4) is 0 Å². The van der Waals surface area contributed by atoms with Crippen molar-refractivity contribution in [1.29, 1.82) is 0 Å². The molecular weight excluding hydrogens is 368 g/mol. The summed E-state index contributed by atoms with van der Waals surface area (Å²) in [7, 11) is 0. The summed E-state index contributed by atoms with van der Waals surface area (Å²) < 4.78 is 0. The number of aromatic nitrogens is 1. The maximum absolute atomic E-state index is 12.5. The zero-order chi connectivity index (χ0) is 19.2. The summed E-state index contributed by atoms with van der Waals surface area (Å²) in [6.45, 7) is 0.519. The Hall–Kier alpha value is -2.93. The van der Waals surface area contributed by atoms with Crippen LogP contribution in [0.1, 0.15) is 17.5 Å². The van der Waals surface area contributed by atoms with Gasteiger partial charge in [-0.05, 0) is 35.7 Å². The summed E-state index contributed by atoms with van der Waals surface area (Å²) in [5.41, 5.74) is 1.73. The van der Waals surface area contributed by atoms with E-state index < -0.39 is 18.0 Å². The molecule has 0 bridgehead atoms. The molecule has 4 amide bonds. The zero-order valence-corrected chi connectivity index (χ0v) is 15.3. The van der Waals surface area contributed by atoms with Gasteiger partial charge in [0.05, 0.1) is 13.0 Å². The second-order valence-corrected chi connectivity index (χ2v) is 6.58. The zero-order valence-electron chi connectivity index (χ0n) is 14.5. The van der Waals surface area contributed by atoms with Crippen molar-refractivity contribution in [3.63, 3.8) is 0 Å². The van der Waals surface area contributed by atoms with Crippen LogP contribution in [0.4, 0.5) is 4.79 Å². The van der Waals surface area contributed by atoms with Crippen molar-refractivity contribution in [2.45, 2.75) is 25.4 Å². The SMILES string of the molecule is O=C(CC1NC(=O)N(Cc2ccccc2Cl)C1=O)NCCc1ccncc1. The molecule has 8 heteroatoms. The molecule has 0 radical (unpaired) electrons. The quantitative estimate of drug-likeness (QED) is 0.711. The van der Waals surface area contributed by atoms with Crippen LogP contribution >= 0.6 is 11.6 Å². The highest BCUT2D eigenvalue weighted by atomic mass is 35.5. The number of amides is 4. The number of hydrogen-bond donors (Lipinski definition) is 2. The van der Waals surface area contributed by atoms with E-state index in [-0.39, 0.29) is 18.9 Å². The van der Waals surface area contributed by atoms with Crippen molar-refractivity contribution in [3.05, 3.63) is 64.9 Å². The third kappa shape index (κ3) is 4.83. The van der Waals surface area contributed by atoms with Gasteiger partial charge in [0.25, 0.3) is 5.91 Å². The number of halogens is 1. The smallest absolute Gasteiger partial charge is 0.325 e. The molecule has 27 heavy (non-hydrogen) atoms. The average Bonchev–Trinajstić information content (AvgIpc) is 2.91. The molecule has 0 aliphatic carbocycles. The van der Waals surface area contributed by atoms with Crippen LogP contribution in [0.15, 0.2) is 48.8 Å². The van der Waals surface area contributed by atoms with Gasteiger partial charge in [-0.1, -0.05) is 29.8 Å². The molecule has 3 rings (SSSR count). The molecule has 2 N–H and O–H groups in total. The number of urea groups is 1. The van der Waals surface area contributed by atoms with E-state index in [1.54, 1.807) is 36.7 Å². The molecule has 1 fully saturated rings. The molecular formula is C19H19ClN4O3. The molecule has 0 saturated carbocycles. The van der Waals surface area contributed by atoms with Crippen LogP contribution in [0.3, 0.4) is 0 Å². The highest BCUT2D eigenvalue weighted by molar-refractivity contribution is 6.31. The molecule has 1 unspecified atom stereocenters. The lowest BCUT2D eigenvalue weighted by Crippen LogP contribution is -2.37. The number of pyridine rings is 1. The Bertz CT molecular complexity index is 844. The molecule has 1 atom stereocenters. The Labute approximate surface area is 161 Å². The van der Waals surface area contributed by atoms with Gasteiger partial charge in [-0.3, -0.25) is 19.5 Å². The molecule has 2 heterocycles. The molecule has 140 valence electrons. The molecule has 1 aromatic heterocycles. The van der Waals surface area contributed by atoms with E-state index in [9.17, 15) is 14.4 Å². The van der Waals surface area contributed by atoms with Gasteiger partial charge in [0.1, 0.15) is 6.04 Å². The first-order valence-corrected chi connectivity index (χ1v) is 8.93. The summed E-state index contributed by atoms with van der Waals surface area (Å²) in [6.07, 6.45) is 3.95. The van der Waals surface area contributed by atoms with Crippen molar-refractivity contribution < 1.29 is 14.4 Å². The molecule has 1 aliphatic heterocycles. The van der Waals surface area contributed by atoms with Crippen molar-refractivity contribution >= 4 is 29.4 Å². The van der Waals surface area contributed by atoms with Gasteiger partial charge in [-0.15, -0.1) is 0 Å². The third-order valence-corrected chi connectivity index (χ3v) is 4.64. The first kappa shape index (κ1) is 18.8. The van der Waals surface area contributed by atoms with Crippen LogP contribution in [0.2, 0.25) is 5.02 Å². The minimum atomic E-state index is -0.860. The molecule has 1 saturated heterocycles. The predicted octanol–water partition coefficient (Wildman–Crippen LogP) is 1.90.